The molecule has 2 rings (SSSR count). The number of aromatic nitrogens is 2. The summed E-state index contributed by atoms with van der Waals surface area (Å²) in [4.78, 5) is 7.83. The zero-order valence-electron chi connectivity index (χ0n) is 4.61. The Balaban J connectivity index is 2.54. The van der Waals surface area contributed by atoms with Crippen molar-refractivity contribution in [3.63, 3.8) is 0 Å². The van der Waals surface area contributed by atoms with Crippen LogP contribution in [0.2, 0.25) is 0 Å². The molecule has 4 heteroatoms. The molecule has 0 saturated heterocycles. The predicted octanol–water partition coefficient (Wildman–Crippen LogP) is 0.874. The van der Waals surface area contributed by atoms with Crippen LogP contribution in [0.1, 0.15) is 5.56 Å². The first-order chi connectivity index (χ1) is 4.47. The molecule has 1 aromatic heterocycles. The van der Waals surface area contributed by atoms with Crippen molar-refractivity contribution >= 4 is 17.8 Å². The van der Waals surface area contributed by atoms with Crippen LogP contribution < -0.4 is 4.72 Å². The molecule has 0 N–H and O–H groups in total. The van der Waals surface area contributed by atoms with Crippen molar-refractivity contribution in [2.24, 2.45) is 0 Å². The van der Waals surface area contributed by atoms with Crippen LogP contribution in [-0.2, 0) is 5.75 Å². The van der Waals surface area contributed by atoms with Crippen LogP contribution in [0, 0.1) is 0 Å². The van der Waals surface area contributed by atoms with E-state index in [9.17, 15) is 0 Å². The molecule has 0 unspecified atom stereocenters. The number of rotatable bonds is 0. The molecule has 0 fully saturated rings. The second-order valence-electron chi connectivity index (χ2n) is 1.74. The number of hydrogen-bond acceptors (Lipinski definition) is 3. The fourth-order valence-electron chi connectivity index (χ4n) is 0.699. The molecular weight excluding hydrogens is 134 g/mol. The van der Waals surface area contributed by atoms with E-state index in [2.05, 4.69) is 14.7 Å². The van der Waals surface area contributed by atoms with Crippen molar-refractivity contribution < 1.29 is 0 Å². The van der Waals surface area contributed by atoms with E-state index in [0.29, 0.717) is 0 Å². The highest BCUT2D eigenvalue weighted by Gasteiger charge is 2.12. The van der Waals surface area contributed by atoms with Crippen LogP contribution in [-0.4, -0.2) is 9.97 Å². The Labute approximate surface area is 57.0 Å². The molecular formula is C5H4N3S. The quantitative estimate of drug-likeness (QED) is 0.499. The Morgan fingerprint density at radius 1 is 1.56 bits per heavy atom. The second kappa shape index (κ2) is 1.88. The van der Waals surface area contributed by atoms with Crippen LogP contribution in [0.3, 0.4) is 0 Å². The van der Waals surface area contributed by atoms with Crippen LogP contribution >= 0.6 is 11.9 Å². The monoisotopic (exact) mass is 138 g/mol. The molecule has 0 atom stereocenters. The normalized spacial score (nSPS) is 14.7. The Morgan fingerprint density at radius 2 is 2.56 bits per heavy atom. The third kappa shape index (κ3) is 0.751. The molecule has 1 aromatic rings. The van der Waals surface area contributed by atoms with E-state index < -0.39 is 0 Å². The van der Waals surface area contributed by atoms with Gasteiger partial charge in [0.15, 0.2) is 5.82 Å². The summed E-state index contributed by atoms with van der Waals surface area (Å²) in [6, 6.07) is 0. The fourth-order valence-corrected chi connectivity index (χ4v) is 1.39. The van der Waals surface area contributed by atoms with Gasteiger partial charge in [-0.15, -0.1) is 0 Å². The lowest BCUT2D eigenvalue weighted by atomic mass is 10.4. The van der Waals surface area contributed by atoms with Gasteiger partial charge in [0.2, 0.25) is 0 Å². The minimum absolute atomic E-state index is 0.843. The van der Waals surface area contributed by atoms with Gasteiger partial charge in [0, 0.05) is 17.5 Å². The van der Waals surface area contributed by atoms with E-state index in [1.165, 1.54) is 18.3 Å². The van der Waals surface area contributed by atoms with Gasteiger partial charge < -0.3 is 0 Å². The molecule has 3 nitrogen and oxygen atoms in total. The summed E-state index contributed by atoms with van der Waals surface area (Å²) in [5.41, 5.74) is 1.14. The van der Waals surface area contributed by atoms with Gasteiger partial charge in [0.25, 0.3) is 0 Å². The van der Waals surface area contributed by atoms with Gasteiger partial charge in [-0.2, -0.15) is 4.72 Å². The van der Waals surface area contributed by atoms with E-state index >= 15 is 0 Å². The second-order valence-corrected chi connectivity index (χ2v) is 2.47. The molecule has 1 aliphatic heterocycles. The highest BCUT2D eigenvalue weighted by molar-refractivity contribution is 7.97. The van der Waals surface area contributed by atoms with Crippen molar-refractivity contribution in [3.8, 4) is 0 Å². The molecule has 0 amide bonds. The lowest BCUT2D eigenvalue weighted by Crippen LogP contribution is -1.84. The largest absolute Gasteiger partial charge is 0.244 e. The highest BCUT2D eigenvalue weighted by atomic mass is 32.2. The summed E-state index contributed by atoms with van der Waals surface area (Å²) in [7, 11) is 0. The van der Waals surface area contributed by atoms with Crippen molar-refractivity contribution in [1.29, 1.82) is 0 Å². The van der Waals surface area contributed by atoms with Crippen molar-refractivity contribution in [1.82, 2.24) is 14.7 Å². The molecule has 0 spiro atoms. The van der Waals surface area contributed by atoms with Crippen molar-refractivity contribution in [3.05, 3.63) is 18.1 Å². The molecule has 0 bridgehead atoms. The maximum absolute atomic E-state index is 4.06. The first-order valence-electron chi connectivity index (χ1n) is 2.59. The van der Waals surface area contributed by atoms with Gasteiger partial charge in [0.05, 0.1) is 0 Å². The number of nitrogens with zero attached hydrogens (tertiary/aromatic N) is 3. The van der Waals surface area contributed by atoms with Crippen molar-refractivity contribution in [2.75, 3.05) is 0 Å². The highest BCUT2D eigenvalue weighted by Crippen LogP contribution is 2.26. The lowest BCUT2D eigenvalue weighted by Gasteiger charge is -1.88. The number of fused-ring (bicyclic) bond motifs is 1. The van der Waals surface area contributed by atoms with E-state index in [1.807, 2.05) is 6.20 Å². The fraction of sp³-hybridized carbons (Fsp3) is 0.200. The Bertz CT molecular complexity index is 202. The molecule has 9 heavy (non-hydrogen) atoms. The van der Waals surface area contributed by atoms with Crippen LogP contribution in [0.15, 0.2) is 12.5 Å². The summed E-state index contributed by atoms with van der Waals surface area (Å²) >= 11 is 1.53. The van der Waals surface area contributed by atoms with Gasteiger partial charge in [-0.25, -0.2) is 9.97 Å². The average Bonchev–Trinajstić information content (AvgIpc) is 2.33. The van der Waals surface area contributed by atoms with Crippen LogP contribution in [0.4, 0.5) is 5.82 Å². The number of hydrogen-bond donors (Lipinski definition) is 0. The van der Waals surface area contributed by atoms with E-state index in [0.717, 1.165) is 17.1 Å². The van der Waals surface area contributed by atoms with Crippen molar-refractivity contribution in [2.45, 2.75) is 5.75 Å². The molecule has 0 saturated carbocycles. The maximum Gasteiger partial charge on any atom is 0.167 e. The van der Waals surface area contributed by atoms with Gasteiger partial charge >= 0.3 is 0 Å². The minimum Gasteiger partial charge on any atom is -0.244 e. The van der Waals surface area contributed by atoms with Gasteiger partial charge in [-0.3, -0.25) is 0 Å². The predicted molar refractivity (Wildman–Crippen MR) is 35.1 cm³/mol. The zero-order valence-corrected chi connectivity index (χ0v) is 5.43. The SMILES string of the molecule is c1ncc2c(n1)[N]SC2. The average molecular weight is 138 g/mol. The van der Waals surface area contributed by atoms with Gasteiger partial charge in [0.1, 0.15) is 6.33 Å². The van der Waals surface area contributed by atoms with E-state index in [1.54, 1.807) is 0 Å². The summed E-state index contributed by atoms with van der Waals surface area (Å²) < 4.78 is 4.06. The van der Waals surface area contributed by atoms with E-state index in [4.69, 9.17) is 0 Å². The first kappa shape index (κ1) is 5.05. The summed E-state index contributed by atoms with van der Waals surface area (Å²) in [6.45, 7) is 0. The smallest absolute Gasteiger partial charge is 0.167 e. The maximum atomic E-state index is 4.06. The van der Waals surface area contributed by atoms with Gasteiger partial charge in [-0.05, 0) is 11.9 Å². The zero-order chi connectivity index (χ0) is 6.10. The summed E-state index contributed by atoms with van der Waals surface area (Å²) in [6.07, 6.45) is 3.33. The molecule has 0 aromatic carbocycles. The van der Waals surface area contributed by atoms with E-state index in [-0.39, 0.29) is 0 Å². The Morgan fingerprint density at radius 3 is 3.44 bits per heavy atom. The molecule has 1 radical (unpaired) electrons. The molecule has 45 valence electrons. The summed E-state index contributed by atoms with van der Waals surface area (Å²) in [5, 5.41) is 0. The third-order valence-corrected chi connectivity index (χ3v) is 1.88. The first-order valence-corrected chi connectivity index (χ1v) is 3.53. The van der Waals surface area contributed by atoms with Crippen LogP contribution in [0.5, 0.6) is 0 Å². The minimum atomic E-state index is 0.843. The molecule has 2 heterocycles. The molecule has 0 aliphatic carbocycles. The summed E-state index contributed by atoms with van der Waals surface area (Å²) in [5.74, 6) is 1.77. The standard InChI is InChI=1S/C5H4N3S/c1-4-2-9-8-5(4)7-3-6-1/h1,3H,2H2. The topological polar surface area (TPSA) is 39.9 Å². The Hall–Kier alpha value is -0.770. The Kier molecular flexibility index (Phi) is 1.05. The van der Waals surface area contributed by atoms with Crippen LogP contribution in [0.25, 0.3) is 0 Å². The lowest BCUT2D eigenvalue weighted by molar-refractivity contribution is 1.10. The third-order valence-electron chi connectivity index (χ3n) is 1.14. The molecule has 1 aliphatic rings. The van der Waals surface area contributed by atoms with Gasteiger partial charge in [-0.1, -0.05) is 0 Å².